The number of urea groups is 1. The zero-order valence-electron chi connectivity index (χ0n) is 15.0. The van der Waals surface area contributed by atoms with Crippen molar-refractivity contribution in [3.63, 3.8) is 0 Å². The number of methoxy groups -OCH3 is 2. The van der Waals surface area contributed by atoms with Gasteiger partial charge in [0.2, 0.25) is 0 Å². The average Bonchev–Trinajstić information content (AvgIpc) is 2.69. The van der Waals surface area contributed by atoms with E-state index in [2.05, 4.69) is 25.5 Å². The second kappa shape index (κ2) is 8.37. The number of hydrogen-bond donors (Lipinski definition) is 2. The molecule has 8 heteroatoms. The van der Waals surface area contributed by atoms with Gasteiger partial charge >= 0.3 is 6.03 Å². The number of piperidine rings is 1. The molecule has 8 nitrogen and oxygen atoms in total. The molecule has 0 unspecified atom stereocenters. The van der Waals surface area contributed by atoms with Crippen molar-refractivity contribution >= 4 is 23.4 Å². The molecule has 0 radical (unpaired) electrons. The first-order valence-corrected chi connectivity index (χ1v) is 8.56. The minimum atomic E-state index is -0.406. The topological polar surface area (TPSA) is 88.6 Å². The molecule has 2 N–H and O–H groups in total. The van der Waals surface area contributed by atoms with Gasteiger partial charge in [-0.25, -0.2) is 14.8 Å². The van der Waals surface area contributed by atoms with Gasteiger partial charge in [0.1, 0.15) is 29.5 Å². The molecule has 1 saturated heterocycles. The number of rotatable bonds is 5. The van der Waals surface area contributed by atoms with Crippen LogP contribution in [0.4, 0.5) is 22.1 Å². The van der Waals surface area contributed by atoms with E-state index >= 15 is 0 Å². The van der Waals surface area contributed by atoms with Crippen molar-refractivity contribution in [3.05, 3.63) is 30.6 Å². The molecule has 0 saturated carbocycles. The Morgan fingerprint density at radius 2 is 1.85 bits per heavy atom. The SMILES string of the molecule is COc1ccc(NC(=O)Nc2cc(N3CCCCC3)ncn2)c(OC)c1. The summed E-state index contributed by atoms with van der Waals surface area (Å²) in [4.78, 5) is 23.0. The van der Waals surface area contributed by atoms with E-state index in [4.69, 9.17) is 9.47 Å². The molecule has 2 amide bonds. The summed E-state index contributed by atoms with van der Waals surface area (Å²) >= 11 is 0. The third-order valence-corrected chi connectivity index (χ3v) is 4.23. The van der Waals surface area contributed by atoms with Crippen molar-refractivity contribution in [2.75, 3.05) is 42.8 Å². The van der Waals surface area contributed by atoms with Crippen molar-refractivity contribution in [2.45, 2.75) is 19.3 Å². The fourth-order valence-electron chi connectivity index (χ4n) is 2.88. The molecule has 1 aromatic carbocycles. The van der Waals surface area contributed by atoms with Crippen LogP contribution >= 0.6 is 0 Å². The van der Waals surface area contributed by atoms with Crippen LogP contribution in [-0.2, 0) is 0 Å². The van der Waals surface area contributed by atoms with E-state index in [1.165, 1.54) is 19.9 Å². The molecule has 0 atom stereocenters. The van der Waals surface area contributed by atoms with Gasteiger partial charge in [0.15, 0.2) is 0 Å². The Morgan fingerprint density at radius 1 is 1.04 bits per heavy atom. The Balaban J connectivity index is 1.66. The summed E-state index contributed by atoms with van der Waals surface area (Å²) in [5.41, 5.74) is 0.538. The zero-order chi connectivity index (χ0) is 18.4. The summed E-state index contributed by atoms with van der Waals surface area (Å²) in [5.74, 6) is 2.44. The Kier molecular flexibility index (Phi) is 5.73. The van der Waals surface area contributed by atoms with Gasteiger partial charge in [-0.3, -0.25) is 5.32 Å². The predicted molar refractivity (Wildman–Crippen MR) is 100 cm³/mol. The lowest BCUT2D eigenvalue weighted by atomic mass is 10.1. The normalized spacial score (nSPS) is 13.8. The molecular weight excluding hydrogens is 334 g/mol. The summed E-state index contributed by atoms with van der Waals surface area (Å²) in [5, 5.41) is 5.49. The Hall–Kier alpha value is -3.03. The molecule has 1 aliphatic rings. The maximum atomic E-state index is 12.3. The van der Waals surface area contributed by atoms with Gasteiger partial charge in [0, 0.05) is 25.2 Å². The molecule has 1 fully saturated rings. The van der Waals surface area contributed by atoms with Crippen LogP contribution < -0.4 is 25.0 Å². The molecular formula is C18H23N5O3. The average molecular weight is 357 g/mol. The first kappa shape index (κ1) is 17.8. The third-order valence-electron chi connectivity index (χ3n) is 4.23. The first-order chi connectivity index (χ1) is 12.7. The lowest BCUT2D eigenvalue weighted by Crippen LogP contribution is -2.30. The number of nitrogens with zero attached hydrogens (tertiary/aromatic N) is 3. The number of amides is 2. The van der Waals surface area contributed by atoms with Crippen LogP contribution in [0.3, 0.4) is 0 Å². The number of hydrogen-bond acceptors (Lipinski definition) is 6. The largest absolute Gasteiger partial charge is 0.497 e. The van der Waals surface area contributed by atoms with E-state index in [9.17, 15) is 4.79 Å². The van der Waals surface area contributed by atoms with Gasteiger partial charge in [-0.15, -0.1) is 0 Å². The van der Waals surface area contributed by atoms with E-state index in [1.807, 2.05) is 0 Å². The predicted octanol–water partition coefficient (Wildman–Crippen LogP) is 3.13. The van der Waals surface area contributed by atoms with Crippen molar-refractivity contribution < 1.29 is 14.3 Å². The number of ether oxygens (including phenoxy) is 2. The molecule has 0 bridgehead atoms. The van der Waals surface area contributed by atoms with Crippen molar-refractivity contribution in [1.82, 2.24) is 9.97 Å². The summed E-state index contributed by atoms with van der Waals surface area (Å²) in [6.07, 6.45) is 5.03. The van der Waals surface area contributed by atoms with Gasteiger partial charge < -0.3 is 19.7 Å². The molecule has 0 spiro atoms. The van der Waals surface area contributed by atoms with Gasteiger partial charge in [0.05, 0.1) is 19.9 Å². The number of carbonyl (C=O) groups is 1. The van der Waals surface area contributed by atoms with Gasteiger partial charge in [-0.2, -0.15) is 0 Å². The number of aromatic nitrogens is 2. The van der Waals surface area contributed by atoms with Crippen LogP contribution in [0.2, 0.25) is 0 Å². The summed E-state index contributed by atoms with van der Waals surface area (Å²) < 4.78 is 10.4. The molecule has 2 aromatic rings. The van der Waals surface area contributed by atoms with Gasteiger partial charge in [-0.1, -0.05) is 0 Å². The highest BCUT2D eigenvalue weighted by Gasteiger charge is 2.14. The number of benzene rings is 1. The summed E-state index contributed by atoms with van der Waals surface area (Å²) in [6.45, 7) is 1.96. The molecule has 1 aliphatic heterocycles. The van der Waals surface area contributed by atoms with Crippen LogP contribution in [0.1, 0.15) is 19.3 Å². The van der Waals surface area contributed by atoms with Crippen LogP contribution in [0.15, 0.2) is 30.6 Å². The Morgan fingerprint density at radius 3 is 2.58 bits per heavy atom. The van der Waals surface area contributed by atoms with Crippen molar-refractivity contribution in [3.8, 4) is 11.5 Å². The fourth-order valence-corrected chi connectivity index (χ4v) is 2.88. The summed E-state index contributed by atoms with van der Waals surface area (Å²) in [7, 11) is 3.11. The maximum Gasteiger partial charge on any atom is 0.324 e. The minimum absolute atomic E-state index is 0.406. The van der Waals surface area contributed by atoms with Crippen LogP contribution in [0.5, 0.6) is 11.5 Å². The number of anilines is 3. The van der Waals surface area contributed by atoms with Gasteiger partial charge in [-0.05, 0) is 31.4 Å². The quantitative estimate of drug-likeness (QED) is 0.855. The van der Waals surface area contributed by atoms with E-state index in [1.54, 1.807) is 31.4 Å². The summed E-state index contributed by atoms with van der Waals surface area (Å²) in [6, 6.07) is 6.55. The fraction of sp³-hybridized carbons (Fsp3) is 0.389. The van der Waals surface area contributed by atoms with E-state index in [-0.39, 0.29) is 0 Å². The van der Waals surface area contributed by atoms with Gasteiger partial charge in [0.25, 0.3) is 0 Å². The second-order valence-electron chi connectivity index (χ2n) is 5.95. The number of carbonyl (C=O) groups excluding carboxylic acids is 1. The molecule has 26 heavy (non-hydrogen) atoms. The lowest BCUT2D eigenvalue weighted by molar-refractivity contribution is 0.262. The monoisotopic (exact) mass is 357 g/mol. The maximum absolute atomic E-state index is 12.3. The molecule has 0 aliphatic carbocycles. The Labute approximate surface area is 152 Å². The second-order valence-corrected chi connectivity index (χ2v) is 5.95. The number of nitrogens with one attached hydrogen (secondary N) is 2. The third kappa shape index (κ3) is 4.33. The zero-order valence-corrected chi connectivity index (χ0v) is 15.0. The molecule has 1 aromatic heterocycles. The highest BCUT2D eigenvalue weighted by molar-refractivity contribution is 6.00. The van der Waals surface area contributed by atoms with Crippen molar-refractivity contribution in [1.29, 1.82) is 0 Å². The van der Waals surface area contributed by atoms with Crippen LogP contribution in [0.25, 0.3) is 0 Å². The van der Waals surface area contributed by atoms with Crippen LogP contribution in [0, 0.1) is 0 Å². The van der Waals surface area contributed by atoms with E-state index in [0.29, 0.717) is 23.0 Å². The molecule has 3 rings (SSSR count). The minimum Gasteiger partial charge on any atom is -0.497 e. The standard InChI is InChI=1S/C18H23N5O3/c1-25-13-6-7-14(15(10-13)26-2)21-18(24)22-16-11-17(20-12-19-16)23-8-4-3-5-9-23/h6-7,10-12H,3-5,8-9H2,1-2H3,(H2,19,20,21,22,24). The smallest absolute Gasteiger partial charge is 0.324 e. The van der Waals surface area contributed by atoms with Crippen molar-refractivity contribution in [2.24, 2.45) is 0 Å². The van der Waals surface area contributed by atoms with E-state index < -0.39 is 6.03 Å². The Bertz CT molecular complexity index is 762. The molecule has 138 valence electrons. The lowest BCUT2D eigenvalue weighted by Gasteiger charge is -2.27. The molecule has 2 heterocycles. The van der Waals surface area contributed by atoms with Crippen LogP contribution in [-0.4, -0.2) is 43.3 Å². The highest BCUT2D eigenvalue weighted by Crippen LogP contribution is 2.29. The highest BCUT2D eigenvalue weighted by atomic mass is 16.5. The van der Waals surface area contributed by atoms with E-state index in [0.717, 1.165) is 31.7 Å². The first-order valence-electron chi connectivity index (χ1n) is 8.56.